The molecule has 0 atom stereocenters. The molecule has 1 aliphatic carbocycles. The summed E-state index contributed by atoms with van der Waals surface area (Å²) in [5, 5.41) is 0. The molecular formula is C21H31N5O. The Kier molecular flexibility index (Phi) is 6.29. The highest BCUT2D eigenvalue weighted by Gasteiger charge is 2.24. The Labute approximate surface area is 161 Å². The van der Waals surface area contributed by atoms with E-state index in [1.807, 2.05) is 12.1 Å². The van der Waals surface area contributed by atoms with E-state index in [2.05, 4.69) is 35.9 Å². The van der Waals surface area contributed by atoms with Crippen molar-refractivity contribution in [2.75, 3.05) is 12.3 Å². The third-order valence-corrected chi connectivity index (χ3v) is 5.28. The molecule has 1 saturated carbocycles. The van der Waals surface area contributed by atoms with E-state index in [4.69, 9.17) is 11.5 Å². The molecule has 6 heteroatoms. The van der Waals surface area contributed by atoms with Crippen molar-refractivity contribution in [3.8, 4) is 5.69 Å². The zero-order valence-electron chi connectivity index (χ0n) is 16.3. The number of nitrogens with two attached hydrogens (primary N) is 2. The number of hydrogen-bond acceptors (Lipinski definition) is 5. The standard InChI is InChI=1S/C21H31N5O/c1-15(2)13-25(18-9-5-17(22)6-10-18)14-16-3-7-19(8-4-16)26-12-11-20(23)24-21(26)27/h3-4,7-8,11-12,15,17-18H,5-6,9-10,13-14,22H2,1-2H3,(H2,23,24,27)/t17-,18-. The molecule has 6 nitrogen and oxygen atoms in total. The molecule has 0 spiro atoms. The third-order valence-electron chi connectivity index (χ3n) is 5.28. The number of rotatable bonds is 6. The van der Waals surface area contributed by atoms with Gasteiger partial charge in [-0.3, -0.25) is 9.47 Å². The SMILES string of the molecule is CC(C)CN(Cc1ccc(-n2ccc(N)nc2=O)cc1)[C@H]1CC[C@H](N)CC1. The van der Waals surface area contributed by atoms with Gasteiger partial charge in [0.15, 0.2) is 0 Å². The van der Waals surface area contributed by atoms with Crippen LogP contribution in [0.1, 0.15) is 45.1 Å². The van der Waals surface area contributed by atoms with Crippen LogP contribution in [0.2, 0.25) is 0 Å². The van der Waals surface area contributed by atoms with Gasteiger partial charge in [0.2, 0.25) is 0 Å². The molecule has 4 N–H and O–H groups in total. The number of nitrogens with zero attached hydrogens (tertiary/aromatic N) is 3. The number of anilines is 1. The fourth-order valence-electron chi connectivity index (χ4n) is 3.89. The first kappa shape index (κ1) is 19.6. The molecule has 1 aliphatic rings. The Morgan fingerprint density at radius 1 is 1.15 bits per heavy atom. The van der Waals surface area contributed by atoms with Crippen molar-refractivity contribution in [3.63, 3.8) is 0 Å². The van der Waals surface area contributed by atoms with Crippen LogP contribution in [0.5, 0.6) is 0 Å². The minimum absolute atomic E-state index is 0.240. The largest absolute Gasteiger partial charge is 0.383 e. The van der Waals surface area contributed by atoms with Crippen LogP contribution in [0, 0.1) is 5.92 Å². The van der Waals surface area contributed by atoms with Crippen molar-refractivity contribution in [3.05, 3.63) is 52.6 Å². The fraction of sp³-hybridized carbons (Fsp3) is 0.524. The first-order chi connectivity index (χ1) is 12.9. The quantitative estimate of drug-likeness (QED) is 0.817. The van der Waals surface area contributed by atoms with E-state index in [9.17, 15) is 4.79 Å². The molecule has 2 aromatic rings. The Hall–Kier alpha value is -2.18. The van der Waals surface area contributed by atoms with Crippen LogP contribution in [-0.2, 0) is 6.54 Å². The highest BCUT2D eigenvalue weighted by atomic mass is 16.1. The first-order valence-corrected chi connectivity index (χ1v) is 9.86. The average molecular weight is 370 g/mol. The molecule has 3 rings (SSSR count). The summed E-state index contributed by atoms with van der Waals surface area (Å²) < 4.78 is 1.51. The van der Waals surface area contributed by atoms with Crippen LogP contribution < -0.4 is 17.2 Å². The topological polar surface area (TPSA) is 90.2 Å². The van der Waals surface area contributed by atoms with Gasteiger partial charge in [0.25, 0.3) is 0 Å². The summed E-state index contributed by atoms with van der Waals surface area (Å²) in [6.07, 6.45) is 6.25. The van der Waals surface area contributed by atoms with Crippen molar-refractivity contribution in [1.29, 1.82) is 0 Å². The first-order valence-electron chi connectivity index (χ1n) is 9.86. The molecule has 1 heterocycles. The van der Waals surface area contributed by atoms with Crippen molar-refractivity contribution in [2.45, 2.75) is 58.2 Å². The lowest BCUT2D eigenvalue weighted by molar-refractivity contribution is 0.127. The van der Waals surface area contributed by atoms with E-state index < -0.39 is 0 Å². The second kappa shape index (κ2) is 8.67. The maximum Gasteiger partial charge on any atom is 0.354 e. The van der Waals surface area contributed by atoms with Crippen LogP contribution in [0.25, 0.3) is 5.69 Å². The normalized spacial score (nSPS) is 20.3. The lowest BCUT2D eigenvalue weighted by atomic mass is 9.90. The smallest absolute Gasteiger partial charge is 0.354 e. The molecule has 0 amide bonds. The molecule has 27 heavy (non-hydrogen) atoms. The lowest BCUT2D eigenvalue weighted by Gasteiger charge is -2.37. The molecule has 1 fully saturated rings. The zero-order chi connectivity index (χ0) is 19.4. The average Bonchev–Trinajstić information content (AvgIpc) is 2.62. The van der Waals surface area contributed by atoms with Crippen molar-refractivity contribution >= 4 is 5.82 Å². The minimum Gasteiger partial charge on any atom is -0.383 e. The second-order valence-electron chi connectivity index (χ2n) is 8.06. The molecule has 0 unspecified atom stereocenters. The Bertz CT molecular complexity index is 791. The van der Waals surface area contributed by atoms with Crippen LogP contribution in [0.4, 0.5) is 5.82 Å². The van der Waals surface area contributed by atoms with Gasteiger partial charge in [-0.1, -0.05) is 26.0 Å². The highest BCUT2D eigenvalue weighted by molar-refractivity contribution is 5.36. The summed E-state index contributed by atoms with van der Waals surface area (Å²) in [6, 6.07) is 10.7. The molecular weight excluding hydrogens is 338 g/mol. The number of benzene rings is 1. The van der Waals surface area contributed by atoms with Crippen LogP contribution >= 0.6 is 0 Å². The molecule has 1 aromatic heterocycles. The van der Waals surface area contributed by atoms with Gasteiger partial charge < -0.3 is 11.5 Å². The van der Waals surface area contributed by atoms with Gasteiger partial charge in [0.05, 0.1) is 5.69 Å². The Morgan fingerprint density at radius 2 is 1.81 bits per heavy atom. The Balaban J connectivity index is 1.73. The van der Waals surface area contributed by atoms with Gasteiger partial charge in [0, 0.05) is 31.4 Å². The molecule has 0 saturated heterocycles. The van der Waals surface area contributed by atoms with Crippen molar-refractivity contribution < 1.29 is 0 Å². The summed E-state index contributed by atoms with van der Waals surface area (Å²) in [5.74, 6) is 0.865. The van der Waals surface area contributed by atoms with Gasteiger partial charge in [-0.15, -0.1) is 0 Å². The van der Waals surface area contributed by atoms with Gasteiger partial charge in [-0.2, -0.15) is 4.98 Å². The summed E-state index contributed by atoms with van der Waals surface area (Å²) in [6.45, 7) is 6.55. The zero-order valence-corrected chi connectivity index (χ0v) is 16.3. The lowest BCUT2D eigenvalue weighted by Crippen LogP contribution is -2.42. The van der Waals surface area contributed by atoms with Crippen molar-refractivity contribution in [1.82, 2.24) is 14.5 Å². The molecule has 146 valence electrons. The van der Waals surface area contributed by atoms with E-state index in [-0.39, 0.29) is 11.5 Å². The predicted octanol–water partition coefficient (Wildman–Crippen LogP) is 2.54. The molecule has 0 radical (unpaired) electrons. The van der Waals surface area contributed by atoms with Gasteiger partial charge in [-0.05, 0) is 55.4 Å². The monoisotopic (exact) mass is 369 g/mol. The third kappa shape index (κ3) is 5.17. The number of nitrogen functional groups attached to an aromatic ring is 1. The maximum atomic E-state index is 12.0. The molecule has 0 bridgehead atoms. The van der Waals surface area contributed by atoms with Crippen molar-refractivity contribution in [2.24, 2.45) is 11.7 Å². The predicted molar refractivity (Wildman–Crippen MR) is 110 cm³/mol. The highest BCUT2D eigenvalue weighted by Crippen LogP contribution is 2.25. The summed E-state index contributed by atoms with van der Waals surface area (Å²) in [5.41, 5.74) is 13.3. The van der Waals surface area contributed by atoms with Crippen LogP contribution in [0.15, 0.2) is 41.3 Å². The number of aromatic nitrogens is 2. The summed E-state index contributed by atoms with van der Waals surface area (Å²) >= 11 is 0. The van der Waals surface area contributed by atoms with E-state index in [1.165, 1.54) is 23.0 Å². The molecule has 1 aromatic carbocycles. The van der Waals surface area contributed by atoms with Crippen LogP contribution in [0.3, 0.4) is 0 Å². The fourth-order valence-corrected chi connectivity index (χ4v) is 3.89. The maximum absolute atomic E-state index is 12.0. The van der Waals surface area contributed by atoms with Crippen LogP contribution in [-0.4, -0.2) is 33.1 Å². The Morgan fingerprint density at radius 3 is 2.41 bits per heavy atom. The van der Waals surface area contributed by atoms with E-state index in [0.717, 1.165) is 31.6 Å². The second-order valence-corrected chi connectivity index (χ2v) is 8.06. The molecule has 0 aliphatic heterocycles. The van der Waals surface area contributed by atoms with E-state index in [1.54, 1.807) is 12.3 Å². The summed E-state index contributed by atoms with van der Waals surface area (Å²) in [7, 11) is 0. The van der Waals surface area contributed by atoms with E-state index >= 15 is 0 Å². The van der Waals surface area contributed by atoms with Gasteiger partial charge >= 0.3 is 5.69 Å². The van der Waals surface area contributed by atoms with Gasteiger partial charge in [-0.25, -0.2) is 4.79 Å². The van der Waals surface area contributed by atoms with Gasteiger partial charge in [0.1, 0.15) is 5.82 Å². The summed E-state index contributed by atoms with van der Waals surface area (Å²) in [4.78, 5) is 18.4. The van der Waals surface area contributed by atoms with E-state index in [0.29, 0.717) is 18.0 Å². The number of hydrogen-bond donors (Lipinski definition) is 2. The minimum atomic E-state index is -0.359.